The van der Waals surface area contributed by atoms with Crippen LogP contribution < -0.4 is 5.32 Å². The molecule has 4 nitrogen and oxygen atoms in total. The molecule has 0 fully saturated rings. The van der Waals surface area contributed by atoms with E-state index in [0.717, 1.165) is 4.90 Å². The molecule has 3 rings (SSSR count). The van der Waals surface area contributed by atoms with Crippen LogP contribution >= 0.6 is 0 Å². The fourth-order valence-corrected chi connectivity index (χ4v) is 2.42. The minimum Gasteiger partial charge on any atom is -0.359 e. The molecular weight excluding hydrogens is 295 g/mol. The van der Waals surface area contributed by atoms with Crippen molar-refractivity contribution < 1.29 is 18.0 Å². The maximum atomic E-state index is 12.8. The maximum absolute atomic E-state index is 12.8. The predicted octanol–water partition coefficient (Wildman–Crippen LogP) is 3.21. The van der Waals surface area contributed by atoms with Crippen LogP contribution in [0.3, 0.4) is 0 Å². The molecule has 0 unspecified atom stereocenters. The third-order valence-corrected chi connectivity index (χ3v) is 3.34. The first-order valence-corrected chi connectivity index (χ1v) is 6.60. The van der Waals surface area contributed by atoms with E-state index in [2.05, 4.69) is 10.3 Å². The van der Waals surface area contributed by atoms with E-state index >= 15 is 0 Å². The zero-order chi connectivity index (χ0) is 15.7. The minimum absolute atomic E-state index is 0.221. The quantitative estimate of drug-likeness (QED) is 0.926. The second-order valence-corrected chi connectivity index (χ2v) is 4.90. The lowest BCUT2D eigenvalue weighted by molar-refractivity contribution is -0.144. The Morgan fingerprint density at radius 1 is 1.14 bits per heavy atom. The molecule has 0 radical (unpaired) electrons. The summed E-state index contributed by atoms with van der Waals surface area (Å²) in [6.07, 6.45) is -3.96. The Morgan fingerprint density at radius 3 is 2.55 bits per heavy atom. The normalized spacial score (nSPS) is 17.9. The lowest BCUT2D eigenvalue weighted by atomic mass is 10.1. The molecule has 22 heavy (non-hydrogen) atoms. The highest BCUT2D eigenvalue weighted by Gasteiger charge is 2.41. The molecule has 1 aromatic heterocycles. The van der Waals surface area contributed by atoms with Crippen LogP contribution in [0.5, 0.6) is 0 Å². The number of amides is 1. The summed E-state index contributed by atoms with van der Waals surface area (Å²) in [5.74, 6) is -0.665. The highest BCUT2D eigenvalue weighted by Crippen LogP contribution is 2.34. The van der Waals surface area contributed by atoms with E-state index < -0.39 is 24.8 Å². The molecule has 1 aliphatic rings. The standard InChI is InChI=1S/C15H12F3N3O/c16-15(17,18)9-21-13(12-7-3-4-8-19-12)20-11-6-2-1-5-10(11)14(21)22/h1-8,13,20H,9H2/t13-/m0/s1. The van der Waals surface area contributed by atoms with Crippen molar-refractivity contribution in [2.75, 3.05) is 11.9 Å². The van der Waals surface area contributed by atoms with Crippen LogP contribution in [0.15, 0.2) is 48.7 Å². The molecular formula is C15H12F3N3O. The number of hydrogen-bond donors (Lipinski definition) is 1. The Kier molecular flexibility index (Phi) is 3.48. The molecule has 7 heteroatoms. The summed E-state index contributed by atoms with van der Waals surface area (Å²) in [5, 5.41) is 2.96. The summed E-state index contributed by atoms with van der Waals surface area (Å²) in [7, 11) is 0. The number of carbonyl (C=O) groups excluding carboxylic acids is 1. The molecule has 1 atom stereocenters. The third-order valence-electron chi connectivity index (χ3n) is 3.34. The number of nitrogens with zero attached hydrogens (tertiary/aromatic N) is 2. The smallest absolute Gasteiger partial charge is 0.359 e. The number of hydrogen-bond acceptors (Lipinski definition) is 3. The van der Waals surface area contributed by atoms with Gasteiger partial charge in [-0.3, -0.25) is 9.78 Å². The Hall–Kier alpha value is -2.57. The van der Waals surface area contributed by atoms with Gasteiger partial charge in [0.15, 0.2) is 0 Å². The van der Waals surface area contributed by atoms with Crippen LogP contribution in [0.1, 0.15) is 22.2 Å². The van der Waals surface area contributed by atoms with Gasteiger partial charge >= 0.3 is 6.18 Å². The Balaban J connectivity index is 2.04. The van der Waals surface area contributed by atoms with Gasteiger partial charge in [0.25, 0.3) is 5.91 Å². The Morgan fingerprint density at radius 2 is 1.86 bits per heavy atom. The van der Waals surface area contributed by atoms with E-state index in [1.165, 1.54) is 12.3 Å². The van der Waals surface area contributed by atoms with Gasteiger partial charge in [-0.05, 0) is 24.3 Å². The number of carbonyl (C=O) groups is 1. The number of pyridine rings is 1. The topological polar surface area (TPSA) is 45.2 Å². The van der Waals surface area contributed by atoms with Gasteiger partial charge in [0.2, 0.25) is 0 Å². The summed E-state index contributed by atoms with van der Waals surface area (Å²) >= 11 is 0. The number of benzene rings is 1. The molecule has 114 valence electrons. The highest BCUT2D eigenvalue weighted by atomic mass is 19.4. The van der Waals surface area contributed by atoms with Crippen molar-refractivity contribution in [3.63, 3.8) is 0 Å². The van der Waals surface area contributed by atoms with Crippen LogP contribution in [0.25, 0.3) is 0 Å². The molecule has 1 aromatic carbocycles. The van der Waals surface area contributed by atoms with Crippen LogP contribution in [-0.2, 0) is 0 Å². The minimum atomic E-state index is -4.49. The summed E-state index contributed by atoms with van der Waals surface area (Å²) in [5.41, 5.74) is 1.08. The molecule has 1 amide bonds. The van der Waals surface area contributed by atoms with Crippen LogP contribution in [-0.4, -0.2) is 28.5 Å². The van der Waals surface area contributed by atoms with E-state index in [1.807, 2.05) is 0 Å². The van der Waals surface area contributed by atoms with Gasteiger partial charge in [-0.25, -0.2) is 0 Å². The van der Waals surface area contributed by atoms with Gasteiger partial charge in [-0.2, -0.15) is 13.2 Å². The highest BCUT2D eigenvalue weighted by molar-refractivity contribution is 6.01. The van der Waals surface area contributed by atoms with E-state index in [9.17, 15) is 18.0 Å². The largest absolute Gasteiger partial charge is 0.406 e. The lowest BCUT2D eigenvalue weighted by Gasteiger charge is -2.37. The number of anilines is 1. The molecule has 1 aliphatic heterocycles. The first-order chi connectivity index (χ1) is 10.5. The van der Waals surface area contributed by atoms with Crippen molar-refractivity contribution in [1.29, 1.82) is 0 Å². The predicted molar refractivity (Wildman–Crippen MR) is 74.1 cm³/mol. The number of para-hydroxylation sites is 1. The van der Waals surface area contributed by atoms with Gasteiger partial charge in [0.1, 0.15) is 12.7 Å². The SMILES string of the molecule is O=C1c2ccccc2N[C@H](c2ccccn2)N1CC(F)(F)F. The van der Waals surface area contributed by atoms with Crippen LogP contribution in [0.4, 0.5) is 18.9 Å². The lowest BCUT2D eigenvalue weighted by Crippen LogP contribution is -2.47. The Labute approximate surface area is 124 Å². The number of rotatable bonds is 2. The number of fused-ring (bicyclic) bond motifs is 1. The van der Waals surface area contributed by atoms with Crippen LogP contribution in [0.2, 0.25) is 0 Å². The zero-order valence-corrected chi connectivity index (χ0v) is 11.3. The number of halogens is 3. The zero-order valence-electron chi connectivity index (χ0n) is 11.3. The van der Waals surface area contributed by atoms with E-state index in [0.29, 0.717) is 11.4 Å². The fourth-order valence-electron chi connectivity index (χ4n) is 2.42. The maximum Gasteiger partial charge on any atom is 0.406 e. The van der Waals surface area contributed by atoms with Crippen molar-refractivity contribution in [3.8, 4) is 0 Å². The number of aromatic nitrogens is 1. The van der Waals surface area contributed by atoms with E-state index in [1.54, 1.807) is 36.4 Å². The van der Waals surface area contributed by atoms with Crippen molar-refractivity contribution in [2.24, 2.45) is 0 Å². The molecule has 0 spiro atoms. The molecule has 1 N–H and O–H groups in total. The summed E-state index contributed by atoms with van der Waals surface area (Å²) < 4.78 is 38.5. The molecule has 0 bridgehead atoms. The molecule has 2 aromatic rings. The van der Waals surface area contributed by atoms with Gasteiger partial charge in [-0.1, -0.05) is 18.2 Å². The van der Waals surface area contributed by atoms with Crippen molar-refractivity contribution in [2.45, 2.75) is 12.3 Å². The second kappa shape index (κ2) is 5.32. The summed E-state index contributed by atoms with van der Waals surface area (Å²) in [6.45, 7) is -1.34. The average Bonchev–Trinajstić information content (AvgIpc) is 2.50. The van der Waals surface area contributed by atoms with Gasteiger partial charge in [0.05, 0.1) is 11.3 Å². The van der Waals surface area contributed by atoms with Gasteiger partial charge in [0, 0.05) is 11.9 Å². The number of nitrogens with one attached hydrogen (secondary N) is 1. The molecule has 0 aliphatic carbocycles. The third kappa shape index (κ3) is 2.74. The summed E-state index contributed by atoms with van der Waals surface area (Å²) in [6, 6.07) is 11.4. The number of alkyl halides is 3. The first-order valence-electron chi connectivity index (χ1n) is 6.60. The molecule has 2 heterocycles. The van der Waals surface area contributed by atoms with Crippen molar-refractivity contribution >= 4 is 11.6 Å². The monoisotopic (exact) mass is 307 g/mol. The average molecular weight is 307 g/mol. The Bertz CT molecular complexity index is 688. The van der Waals surface area contributed by atoms with Crippen molar-refractivity contribution in [3.05, 3.63) is 59.9 Å². The van der Waals surface area contributed by atoms with E-state index in [4.69, 9.17) is 0 Å². The summed E-state index contributed by atoms with van der Waals surface area (Å²) in [4.78, 5) is 17.3. The fraction of sp³-hybridized carbons (Fsp3) is 0.200. The van der Waals surface area contributed by atoms with Gasteiger partial charge < -0.3 is 10.2 Å². The van der Waals surface area contributed by atoms with Crippen LogP contribution in [0, 0.1) is 0 Å². The molecule has 0 saturated carbocycles. The molecule has 0 saturated heterocycles. The second-order valence-electron chi connectivity index (χ2n) is 4.90. The van der Waals surface area contributed by atoms with Crippen molar-refractivity contribution in [1.82, 2.24) is 9.88 Å². The first kappa shape index (κ1) is 14.4. The van der Waals surface area contributed by atoms with E-state index in [-0.39, 0.29) is 5.56 Å². The van der Waals surface area contributed by atoms with Gasteiger partial charge in [-0.15, -0.1) is 0 Å².